The van der Waals surface area contributed by atoms with Crippen molar-refractivity contribution >= 4 is 12.4 Å². The van der Waals surface area contributed by atoms with Gasteiger partial charge in [-0.15, -0.1) is 12.4 Å². The minimum Gasteiger partial charge on any atom is -0.328 e. The smallest absolute Gasteiger partial charge is 0.00511 e. The van der Waals surface area contributed by atoms with Gasteiger partial charge in [0.15, 0.2) is 0 Å². The van der Waals surface area contributed by atoms with Crippen molar-refractivity contribution in [2.24, 2.45) is 5.73 Å². The molecule has 1 nitrogen and oxygen atoms in total. The molecule has 2 aromatic carbocycles. The molecule has 0 radical (unpaired) electrons. The number of benzene rings is 2. The van der Waals surface area contributed by atoms with Gasteiger partial charge in [0, 0.05) is 6.04 Å². The second-order valence-corrected chi connectivity index (χ2v) is 4.20. The summed E-state index contributed by atoms with van der Waals surface area (Å²) in [5.41, 5.74) is 9.75. The van der Waals surface area contributed by atoms with E-state index in [4.69, 9.17) is 5.73 Å². The predicted molar refractivity (Wildman–Crippen MR) is 76.5 cm³/mol. The predicted octanol–water partition coefficient (Wildman–Crippen LogP) is 3.67. The molecule has 2 heteroatoms. The number of rotatable bonds is 3. The van der Waals surface area contributed by atoms with Crippen LogP contribution >= 0.6 is 12.4 Å². The third kappa shape index (κ3) is 3.58. The first-order valence-corrected chi connectivity index (χ1v) is 5.66. The Kier molecular flexibility index (Phi) is 5.20. The number of halogens is 1. The van der Waals surface area contributed by atoms with Crippen LogP contribution in [0.15, 0.2) is 54.6 Å². The van der Waals surface area contributed by atoms with Crippen LogP contribution in [-0.2, 0) is 6.42 Å². The number of hydrogen-bond acceptors (Lipinski definition) is 1. The molecule has 2 N–H and O–H groups in total. The van der Waals surface area contributed by atoms with Crippen molar-refractivity contribution in [1.29, 1.82) is 0 Å². The molecule has 0 aliphatic carbocycles. The van der Waals surface area contributed by atoms with Gasteiger partial charge in [-0.05, 0) is 30.0 Å². The molecule has 0 aromatic heterocycles. The highest BCUT2D eigenvalue weighted by molar-refractivity contribution is 5.85. The van der Waals surface area contributed by atoms with Gasteiger partial charge < -0.3 is 5.73 Å². The summed E-state index contributed by atoms with van der Waals surface area (Å²) in [6, 6.07) is 19.1. The highest BCUT2D eigenvalue weighted by Gasteiger charge is 2.05. The van der Waals surface area contributed by atoms with Crippen molar-refractivity contribution in [3.63, 3.8) is 0 Å². The maximum absolute atomic E-state index is 5.87. The van der Waals surface area contributed by atoms with Gasteiger partial charge >= 0.3 is 0 Å². The first kappa shape index (κ1) is 13.8. The lowest BCUT2D eigenvalue weighted by Crippen LogP contribution is -2.18. The normalized spacial score (nSPS) is 11.6. The van der Waals surface area contributed by atoms with Crippen LogP contribution in [0.1, 0.15) is 12.5 Å². The van der Waals surface area contributed by atoms with Gasteiger partial charge in [-0.2, -0.15) is 0 Å². The molecule has 0 aliphatic rings. The minimum atomic E-state index is 0. The lowest BCUT2D eigenvalue weighted by Gasteiger charge is -2.11. The van der Waals surface area contributed by atoms with E-state index >= 15 is 0 Å². The molecule has 0 aliphatic heterocycles. The average Bonchev–Trinajstić information content (AvgIpc) is 2.30. The van der Waals surface area contributed by atoms with Crippen LogP contribution in [0.4, 0.5) is 0 Å². The number of hydrogen-bond donors (Lipinski definition) is 1. The summed E-state index contributed by atoms with van der Waals surface area (Å²) in [7, 11) is 0. The van der Waals surface area contributed by atoms with Crippen molar-refractivity contribution < 1.29 is 0 Å². The summed E-state index contributed by atoms with van der Waals surface area (Å²) < 4.78 is 0. The molecule has 1 unspecified atom stereocenters. The molecule has 0 amide bonds. The second kappa shape index (κ2) is 6.43. The van der Waals surface area contributed by atoms with Crippen LogP contribution < -0.4 is 5.73 Å². The molecule has 0 fully saturated rings. The maximum atomic E-state index is 5.87. The third-order valence-electron chi connectivity index (χ3n) is 2.64. The Bertz CT molecular complexity index is 451. The molecule has 2 rings (SSSR count). The topological polar surface area (TPSA) is 26.0 Å². The monoisotopic (exact) mass is 247 g/mol. The fourth-order valence-corrected chi connectivity index (χ4v) is 1.94. The molecule has 90 valence electrons. The van der Waals surface area contributed by atoms with E-state index in [2.05, 4.69) is 48.5 Å². The summed E-state index contributed by atoms with van der Waals surface area (Å²) in [6.07, 6.45) is 0.922. The van der Waals surface area contributed by atoms with Gasteiger partial charge in [0.05, 0.1) is 0 Å². The van der Waals surface area contributed by atoms with E-state index in [1.165, 1.54) is 16.7 Å². The van der Waals surface area contributed by atoms with Gasteiger partial charge in [0.2, 0.25) is 0 Å². The quantitative estimate of drug-likeness (QED) is 0.880. The first-order valence-electron chi connectivity index (χ1n) is 5.66. The van der Waals surface area contributed by atoms with Crippen LogP contribution in [0.3, 0.4) is 0 Å². The zero-order valence-corrected chi connectivity index (χ0v) is 10.8. The molecular formula is C15H18ClN. The lowest BCUT2D eigenvalue weighted by atomic mass is 9.96. The molecular weight excluding hydrogens is 230 g/mol. The molecule has 0 bridgehead atoms. The Balaban J connectivity index is 0.00000144. The van der Waals surface area contributed by atoms with E-state index in [0.717, 1.165) is 6.42 Å². The summed E-state index contributed by atoms with van der Waals surface area (Å²) in [4.78, 5) is 0. The van der Waals surface area contributed by atoms with E-state index < -0.39 is 0 Å². The Morgan fingerprint density at radius 2 is 1.53 bits per heavy atom. The Morgan fingerprint density at radius 3 is 2.18 bits per heavy atom. The van der Waals surface area contributed by atoms with Crippen LogP contribution in [0.2, 0.25) is 0 Å². The van der Waals surface area contributed by atoms with E-state index in [0.29, 0.717) is 0 Å². The molecule has 0 saturated carbocycles. The Morgan fingerprint density at radius 1 is 0.941 bits per heavy atom. The number of nitrogens with two attached hydrogens (primary N) is 1. The van der Waals surface area contributed by atoms with Gasteiger partial charge in [-0.3, -0.25) is 0 Å². The van der Waals surface area contributed by atoms with Gasteiger partial charge in [-0.1, -0.05) is 54.6 Å². The first-order chi connectivity index (χ1) is 7.77. The summed E-state index contributed by atoms with van der Waals surface area (Å²) in [6.45, 7) is 2.04. The fourth-order valence-electron chi connectivity index (χ4n) is 1.94. The summed E-state index contributed by atoms with van der Waals surface area (Å²) in [5.74, 6) is 0. The van der Waals surface area contributed by atoms with Crippen molar-refractivity contribution in [2.75, 3.05) is 0 Å². The lowest BCUT2D eigenvalue weighted by molar-refractivity contribution is 0.739. The summed E-state index contributed by atoms with van der Waals surface area (Å²) >= 11 is 0. The van der Waals surface area contributed by atoms with E-state index in [9.17, 15) is 0 Å². The fraction of sp³-hybridized carbons (Fsp3) is 0.200. The Labute approximate surface area is 109 Å². The maximum Gasteiger partial charge on any atom is 0.00511 e. The van der Waals surface area contributed by atoms with Crippen molar-refractivity contribution in [3.8, 4) is 11.1 Å². The highest BCUT2D eigenvalue weighted by Crippen LogP contribution is 2.23. The Hall–Kier alpha value is -1.31. The molecule has 17 heavy (non-hydrogen) atoms. The minimum absolute atomic E-state index is 0. The van der Waals surface area contributed by atoms with E-state index in [1.807, 2.05) is 13.0 Å². The molecule has 2 aromatic rings. The van der Waals surface area contributed by atoms with Gasteiger partial charge in [0.1, 0.15) is 0 Å². The summed E-state index contributed by atoms with van der Waals surface area (Å²) in [5, 5.41) is 0. The molecule has 0 saturated heterocycles. The van der Waals surface area contributed by atoms with Crippen LogP contribution in [0.25, 0.3) is 11.1 Å². The van der Waals surface area contributed by atoms with Crippen LogP contribution in [0, 0.1) is 0 Å². The van der Waals surface area contributed by atoms with E-state index in [1.54, 1.807) is 0 Å². The highest BCUT2D eigenvalue weighted by atomic mass is 35.5. The largest absolute Gasteiger partial charge is 0.328 e. The SMILES string of the molecule is CC(N)Cc1ccccc1-c1ccccc1.Cl. The molecule has 1 atom stereocenters. The standard InChI is InChI=1S/C15H17N.ClH/c1-12(16)11-14-9-5-6-10-15(14)13-7-3-2-4-8-13;/h2-10,12H,11,16H2,1H3;1H. The zero-order chi connectivity index (χ0) is 11.4. The van der Waals surface area contributed by atoms with Gasteiger partial charge in [-0.25, -0.2) is 0 Å². The van der Waals surface area contributed by atoms with Gasteiger partial charge in [0.25, 0.3) is 0 Å². The third-order valence-corrected chi connectivity index (χ3v) is 2.64. The molecule has 0 spiro atoms. The zero-order valence-electron chi connectivity index (χ0n) is 9.97. The average molecular weight is 248 g/mol. The molecule has 0 heterocycles. The van der Waals surface area contributed by atoms with Crippen molar-refractivity contribution in [1.82, 2.24) is 0 Å². The van der Waals surface area contributed by atoms with Crippen molar-refractivity contribution in [2.45, 2.75) is 19.4 Å². The van der Waals surface area contributed by atoms with Crippen LogP contribution in [0.5, 0.6) is 0 Å². The van der Waals surface area contributed by atoms with Crippen LogP contribution in [-0.4, -0.2) is 6.04 Å². The second-order valence-electron chi connectivity index (χ2n) is 4.20. The van der Waals surface area contributed by atoms with Crippen molar-refractivity contribution in [3.05, 3.63) is 60.2 Å². The van der Waals surface area contributed by atoms with E-state index in [-0.39, 0.29) is 18.4 Å².